The van der Waals surface area contributed by atoms with Gasteiger partial charge < -0.3 is 10.6 Å². The zero-order chi connectivity index (χ0) is 11.0. The van der Waals surface area contributed by atoms with E-state index in [0.29, 0.717) is 0 Å². The van der Waals surface area contributed by atoms with E-state index in [1.807, 2.05) is 0 Å². The Bertz CT molecular complexity index is 231. The van der Waals surface area contributed by atoms with Gasteiger partial charge in [0.05, 0.1) is 6.17 Å². The molecule has 0 aliphatic carbocycles. The van der Waals surface area contributed by atoms with Crippen LogP contribution in [0.2, 0.25) is 0 Å². The largest absolute Gasteiger partial charge is 0.333 e. The summed E-state index contributed by atoms with van der Waals surface area (Å²) in [6.07, 6.45) is 5.70. The number of nitrogens with one attached hydrogen (secondary N) is 2. The topological polar surface area (TPSA) is 58.2 Å². The highest BCUT2D eigenvalue weighted by Crippen LogP contribution is 1.80. The van der Waals surface area contributed by atoms with Crippen LogP contribution in [0.1, 0.15) is 20.8 Å². The first-order valence-corrected chi connectivity index (χ1v) is 4.46. The molecule has 0 fully saturated rings. The maximum atomic E-state index is 11.0. The van der Waals surface area contributed by atoms with Crippen molar-refractivity contribution in [3.8, 4) is 0 Å². The average molecular weight is 196 g/mol. The van der Waals surface area contributed by atoms with Crippen LogP contribution in [-0.4, -0.2) is 18.0 Å². The van der Waals surface area contributed by atoms with E-state index in [9.17, 15) is 9.59 Å². The van der Waals surface area contributed by atoms with Crippen LogP contribution in [0.25, 0.3) is 0 Å². The second-order valence-corrected chi connectivity index (χ2v) is 2.74. The van der Waals surface area contributed by atoms with Crippen LogP contribution >= 0.6 is 0 Å². The van der Waals surface area contributed by atoms with Gasteiger partial charge in [0.1, 0.15) is 0 Å². The van der Waals surface area contributed by atoms with Gasteiger partial charge in [0, 0.05) is 0 Å². The van der Waals surface area contributed by atoms with Crippen molar-refractivity contribution in [1.29, 1.82) is 0 Å². The van der Waals surface area contributed by atoms with Crippen molar-refractivity contribution in [3.05, 3.63) is 24.3 Å². The molecule has 0 spiro atoms. The summed E-state index contributed by atoms with van der Waals surface area (Å²) in [4.78, 5) is 22.1. The highest BCUT2D eigenvalue weighted by Gasteiger charge is 2.05. The lowest BCUT2D eigenvalue weighted by molar-refractivity contribution is -0.119. The molecule has 0 aromatic heterocycles. The molecule has 78 valence electrons. The molecule has 0 radical (unpaired) electrons. The second kappa shape index (κ2) is 6.88. The molecule has 2 N–H and O–H groups in total. The molecule has 0 heterocycles. The summed E-state index contributed by atoms with van der Waals surface area (Å²) < 4.78 is 0. The molecule has 0 aliphatic heterocycles. The Morgan fingerprint density at radius 3 is 1.64 bits per heavy atom. The lowest BCUT2D eigenvalue weighted by atomic mass is 10.4. The van der Waals surface area contributed by atoms with Crippen LogP contribution in [0.4, 0.5) is 0 Å². The van der Waals surface area contributed by atoms with E-state index in [1.54, 1.807) is 32.9 Å². The minimum Gasteiger partial charge on any atom is -0.333 e. The van der Waals surface area contributed by atoms with E-state index in [0.717, 1.165) is 0 Å². The summed E-state index contributed by atoms with van der Waals surface area (Å²) >= 11 is 0. The molecule has 0 aromatic carbocycles. The molecule has 4 nitrogen and oxygen atoms in total. The SMILES string of the molecule is C/C=C/C(=O)NC(C)NC(=O)/C=C/C. The lowest BCUT2D eigenvalue weighted by Crippen LogP contribution is -2.44. The van der Waals surface area contributed by atoms with E-state index < -0.39 is 0 Å². The third-order valence-corrected chi connectivity index (χ3v) is 1.35. The van der Waals surface area contributed by atoms with Crippen molar-refractivity contribution >= 4 is 11.8 Å². The molecule has 0 saturated heterocycles. The van der Waals surface area contributed by atoms with Gasteiger partial charge in [-0.2, -0.15) is 0 Å². The van der Waals surface area contributed by atoms with E-state index in [2.05, 4.69) is 10.6 Å². The predicted molar refractivity (Wildman–Crippen MR) is 55.4 cm³/mol. The maximum Gasteiger partial charge on any atom is 0.245 e. The fourth-order valence-electron chi connectivity index (χ4n) is 0.862. The third-order valence-electron chi connectivity index (χ3n) is 1.35. The fraction of sp³-hybridized carbons (Fsp3) is 0.400. The van der Waals surface area contributed by atoms with Crippen molar-refractivity contribution in [3.63, 3.8) is 0 Å². The van der Waals surface area contributed by atoms with Crippen LogP contribution < -0.4 is 10.6 Å². The Kier molecular flexibility index (Phi) is 6.11. The van der Waals surface area contributed by atoms with Gasteiger partial charge >= 0.3 is 0 Å². The van der Waals surface area contributed by atoms with Gasteiger partial charge in [0.2, 0.25) is 11.8 Å². The summed E-state index contributed by atoms with van der Waals surface area (Å²) in [5.41, 5.74) is 0. The van der Waals surface area contributed by atoms with Crippen molar-refractivity contribution < 1.29 is 9.59 Å². The smallest absolute Gasteiger partial charge is 0.245 e. The number of rotatable bonds is 4. The highest BCUT2D eigenvalue weighted by atomic mass is 16.2. The molecule has 0 aliphatic rings. The van der Waals surface area contributed by atoms with Crippen molar-refractivity contribution in [2.24, 2.45) is 0 Å². The minimum atomic E-state index is -0.373. The van der Waals surface area contributed by atoms with Gasteiger partial charge in [0.25, 0.3) is 0 Å². The fourth-order valence-corrected chi connectivity index (χ4v) is 0.862. The van der Waals surface area contributed by atoms with Gasteiger partial charge in [-0.05, 0) is 32.9 Å². The normalized spacial score (nSPS) is 11.1. The van der Waals surface area contributed by atoms with E-state index in [-0.39, 0.29) is 18.0 Å². The quantitative estimate of drug-likeness (QED) is 0.514. The molecule has 0 unspecified atom stereocenters. The number of hydrogen-bond acceptors (Lipinski definition) is 2. The molecular formula is C10H16N2O2. The van der Waals surface area contributed by atoms with Crippen LogP contribution in [0.15, 0.2) is 24.3 Å². The van der Waals surface area contributed by atoms with Crippen molar-refractivity contribution in [2.45, 2.75) is 26.9 Å². The molecule has 0 atom stereocenters. The van der Waals surface area contributed by atoms with Gasteiger partial charge in [-0.3, -0.25) is 9.59 Å². The van der Waals surface area contributed by atoms with E-state index >= 15 is 0 Å². The number of allylic oxidation sites excluding steroid dienone is 2. The monoisotopic (exact) mass is 196 g/mol. The average Bonchev–Trinajstić information content (AvgIpc) is 2.03. The molecule has 2 amide bonds. The first-order chi connectivity index (χ1) is 6.60. The molecule has 0 saturated carbocycles. The summed E-state index contributed by atoms with van der Waals surface area (Å²) in [6.45, 7) is 5.20. The first-order valence-electron chi connectivity index (χ1n) is 4.46. The Morgan fingerprint density at radius 2 is 1.36 bits per heavy atom. The summed E-state index contributed by atoms with van der Waals surface area (Å²) in [5.74, 6) is -0.443. The standard InChI is InChI=1S/C10H16N2O2/c1-4-6-9(13)11-8(3)12-10(14)7-5-2/h4-8H,1-3H3,(H,11,13)(H,12,14)/b6-4+,7-5+. The Morgan fingerprint density at radius 1 is 1.00 bits per heavy atom. The lowest BCUT2D eigenvalue weighted by Gasteiger charge is -2.12. The zero-order valence-electron chi connectivity index (χ0n) is 8.70. The highest BCUT2D eigenvalue weighted by molar-refractivity contribution is 5.90. The maximum absolute atomic E-state index is 11.0. The first kappa shape index (κ1) is 12.4. The second-order valence-electron chi connectivity index (χ2n) is 2.74. The Hall–Kier alpha value is -1.58. The van der Waals surface area contributed by atoms with E-state index in [1.165, 1.54) is 12.2 Å². The van der Waals surface area contributed by atoms with Gasteiger partial charge in [0.15, 0.2) is 0 Å². The van der Waals surface area contributed by atoms with Crippen molar-refractivity contribution in [2.75, 3.05) is 0 Å². The number of carbonyl (C=O) groups excluding carboxylic acids is 2. The molecule has 4 heteroatoms. The predicted octanol–water partition coefficient (Wildman–Crippen LogP) is 0.717. The molecule has 0 bridgehead atoms. The van der Waals surface area contributed by atoms with Gasteiger partial charge in [-0.25, -0.2) is 0 Å². The number of carbonyl (C=O) groups is 2. The number of amides is 2. The Balaban J connectivity index is 3.91. The molecular weight excluding hydrogens is 180 g/mol. The zero-order valence-corrected chi connectivity index (χ0v) is 8.70. The van der Waals surface area contributed by atoms with Gasteiger partial charge in [-0.15, -0.1) is 0 Å². The van der Waals surface area contributed by atoms with Crippen LogP contribution in [0.5, 0.6) is 0 Å². The molecule has 14 heavy (non-hydrogen) atoms. The van der Waals surface area contributed by atoms with Crippen LogP contribution in [-0.2, 0) is 9.59 Å². The third kappa shape index (κ3) is 5.99. The minimum absolute atomic E-state index is 0.222. The molecule has 0 aromatic rings. The summed E-state index contributed by atoms with van der Waals surface area (Å²) in [6, 6.07) is 0. The summed E-state index contributed by atoms with van der Waals surface area (Å²) in [5, 5.41) is 5.16. The van der Waals surface area contributed by atoms with Gasteiger partial charge in [-0.1, -0.05) is 12.2 Å². The van der Waals surface area contributed by atoms with Crippen LogP contribution in [0, 0.1) is 0 Å². The summed E-state index contributed by atoms with van der Waals surface area (Å²) in [7, 11) is 0. The Labute approximate surface area is 84.1 Å². The number of hydrogen-bond donors (Lipinski definition) is 2. The van der Waals surface area contributed by atoms with E-state index in [4.69, 9.17) is 0 Å². The van der Waals surface area contributed by atoms with Crippen molar-refractivity contribution in [1.82, 2.24) is 10.6 Å². The molecule has 0 rings (SSSR count). The van der Waals surface area contributed by atoms with Crippen LogP contribution in [0.3, 0.4) is 0 Å².